The summed E-state index contributed by atoms with van der Waals surface area (Å²) in [4.78, 5) is 1.45. The molecule has 0 aliphatic carbocycles. The maximum Gasteiger partial charge on any atom is 0.418 e. The zero-order chi connectivity index (χ0) is 20.0. The minimum absolute atomic E-state index is 0.0354. The molecule has 1 fully saturated rings. The maximum atomic E-state index is 13.3. The molecule has 0 spiro atoms. The van der Waals surface area contributed by atoms with Crippen molar-refractivity contribution in [2.24, 2.45) is 0 Å². The molecule has 0 N–H and O–H groups in total. The fourth-order valence-corrected chi connectivity index (χ4v) is 6.83. The molecule has 1 aliphatic heterocycles. The molecule has 1 aliphatic rings. The van der Waals surface area contributed by atoms with Gasteiger partial charge < -0.3 is 4.90 Å². The van der Waals surface area contributed by atoms with Crippen LogP contribution in [0.2, 0.25) is 0 Å². The number of rotatable bonds is 3. The topological polar surface area (TPSA) is 40.6 Å². The van der Waals surface area contributed by atoms with Gasteiger partial charge in [-0.1, -0.05) is 0 Å². The summed E-state index contributed by atoms with van der Waals surface area (Å²) >= 11 is 4.30. The molecule has 148 valence electrons. The molecule has 0 saturated carbocycles. The van der Waals surface area contributed by atoms with E-state index >= 15 is 0 Å². The number of halogens is 5. The Kier molecular flexibility index (Phi) is 5.59. The fourth-order valence-electron chi connectivity index (χ4n) is 3.08. The molecule has 0 amide bonds. The molecule has 2 aromatic rings. The Hall–Kier alpha value is -1.17. The average Bonchev–Trinajstić information content (AvgIpc) is 3.01. The van der Waals surface area contributed by atoms with Gasteiger partial charge in [0, 0.05) is 31.4 Å². The Bertz CT molecular complexity index is 946. The van der Waals surface area contributed by atoms with Crippen molar-refractivity contribution in [2.45, 2.75) is 23.4 Å². The van der Waals surface area contributed by atoms with Gasteiger partial charge in [0.15, 0.2) is 0 Å². The van der Waals surface area contributed by atoms with Gasteiger partial charge in [0.1, 0.15) is 10.0 Å². The van der Waals surface area contributed by atoms with Crippen molar-refractivity contribution < 1.29 is 26.0 Å². The number of alkyl halides is 3. The van der Waals surface area contributed by atoms with Crippen LogP contribution in [0.5, 0.6) is 0 Å². The van der Waals surface area contributed by atoms with E-state index in [2.05, 4.69) is 15.9 Å². The van der Waals surface area contributed by atoms with Crippen LogP contribution in [0, 0.1) is 5.82 Å². The van der Waals surface area contributed by atoms with E-state index in [4.69, 9.17) is 0 Å². The van der Waals surface area contributed by atoms with E-state index in [9.17, 15) is 26.0 Å². The van der Waals surface area contributed by atoms with E-state index in [0.717, 1.165) is 23.5 Å². The molecule has 1 unspecified atom stereocenters. The SMILES string of the molecule is CC1CN(c2ccc(F)cc2C(F)(F)F)CCN1S(=O)(=O)c1ccc(Br)s1. The number of anilines is 1. The molecule has 1 atom stereocenters. The lowest BCUT2D eigenvalue weighted by Crippen LogP contribution is -2.54. The first-order valence-electron chi connectivity index (χ1n) is 7.89. The van der Waals surface area contributed by atoms with Crippen molar-refractivity contribution in [3.05, 3.63) is 45.5 Å². The van der Waals surface area contributed by atoms with Gasteiger partial charge in [-0.15, -0.1) is 11.3 Å². The highest BCUT2D eigenvalue weighted by Crippen LogP contribution is 2.38. The standard InChI is InChI=1S/C16H15BrF4N2O2S2/c1-10-9-22(13-3-2-11(18)8-12(13)16(19,20)21)6-7-23(10)27(24,25)15-5-4-14(17)26-15/h2-5,8,10H,6-7,9H2,1H3. The molecule has 3 rings (SSSR count). The third-order valence-electron chi connectivity index (χ3n) is 4.28. The molecule has 0 radical (unpaired) electrons. The molecule has 1 saturated heterocycles. The quantitative estimate of drug-likeness (QED) is 0.596. The minimum Gasteiger partial charge on any atom is -0.368 e. The van der Waals surface area contributed by atoms with Crippen LogP contribution in [0.25, 0.3) is 0 Å². The summed E-state index contributed by atoms with van der Waals surface area (Å²) in [5.41, 5.74) is -1.21. The van der Waals surface area contributed by atoms with Gasteiger partial charge in [-0.3, -0.25) is 0 Å². The lowest BCUT2D eigenvalue weighted by molar-refractivity contribution is -0.137. The number of thiophene rings is 1. The van der Waals surface area contributed by atoms with Gasteiger partial charge in [0.05, 0.1) is 9.35 Å². The first kappa shape index (κ1) is 20.6. The first-order chi connectivity index (χ1) is 12.5. The maximum absolute atomic E-state index is 13.3. The predicted molar refractivity (Wildman–Crippen MR) is 99.0 cm³/mol. The third kappa shape index (κ3) is 4.15. The number of hydrogen-bond donors (Lipinski definition) is 0. The summed E-state index contributed by atoms with van der Waals surface area (Å²) in [6.07, 6.45) is -4.70. The van der Waals surface area contributed by atoms with Crippen LogP contribution in [0.3, 0.4) is 0 Å². The van der Waals surface area contributed by atoms with E-state index in [1.54, 1.807) is 13.0 Å². The first-order valence-corrected chi connectivity index (χ1v) is 10.9. The summed E-state index contributed by atoms with van der Waals surface area (Å²) in [6.45, 7) is 1.82. The average molecular weight is 487 g/mol. The van der Waals surface area contributed by atoms with Crippen molar-refractivity contribution >= 4 is 43.0 Å². The Morgan fingerprint density at radius 2 is 1.89 bits per heavy atom. The van der Waals surface area contributed by atoms with Crippen LogP contribution < -0.4 is 4.90 Å². The second-order valence-electron chi connectivity index (χ2n) is 6.13. The van der Waals surface area contributed by atoms with Gasteiger partial charge >= 0.3 is 6.18 Å². The number of piperazine rings is 1. The lowest BCUT2D eigenvalue weighted by Gasteiger charge is -2.40. The van der Waals surface area contributed by atoms with E-state index < -0.39 is 33.6 Å². The summed E-state index contributed by atoms with van der Waals surface area (Å²) < 4.78 is 80.8. The van der Waals surface area contributed by atoms with Gasteiger partial charge in [0.25, 0.3) is 10.0 Å². The van der Waals surface area contributed by atoms with Crippen molar-refractivity contribution in [1.29, 1.82) is 0 Å². The highest BCUT2D eigenvalue weighted by Gasteiger charge is 2.39. The molecule has 2 heterocycles. The van der Waals surface area contributed by atoms with Gasteiger partial charge in [0.2, 0.25) is 0 Å². The predicted octanol–water partition coefficient (Wildman–Crippen LogP) is 4.57. The van der Waals surface area contributed by atoms with E-state index in [-0.39, 0.29) is 29.5 Å². The summed E-state index contributed by atoms with van der Waals surface area (Å²) in [6, 6.07) is 5.10. The number of hydrogen-bond acceptors (Lipinski definition) is 4. The molecular weight excluding hydrogens is 472 g/mol. The number of nitrogens with zero attached hydrogens (tertiary/aromatic N) is 2. The molecule has 1 aromatic carbocycles. The highest BCUT2D eigenvalue weighted by atomic mass is 79.9. The fraction of sp³-hybridized carbons (Fsp3) is 0.375. The Balaban J connectivity index is 1.86. The highest BCUT2D eigenvalue weighted by molar-refractivity contribution is 9.11. The minimum atomic E-state index is -4.70. The zero-order valence-corrected chi connectivity index (χ0v) is 17.2. The second-order valence-corrected chi connectivity index (χ2v) is 10.7. The smallest absolute Gasteiger partial charge is 0.368 e. The van der Waals surface area contributed by atoms with Crippen molar-refractivity contribution in [2.75, 3.05) is 24.5 Å². The summed E-state index contributed by atoms with van der Waals surface area (Å²) in [7, 11) is -3.73. The van der Waals surface area contributed by atoms with E-state index in [0.29, 0.717) is 9.85 Å². The van der Waals surface area contributed by atoms with E-state index in [1.807, 2.05) is 0 Å². The zero-order valence-electron chi connectivity index (χ0n) is 14.0. The van der Waals surface area contributed by atoms with Gasteiger partial charge in [-0.2, -0.15) is 17.5 Å². The molecule has 27 heavy (non-hydrogen) atoms. The van der Waals surface area contributed by atoms with Crippen LogP contribution in [0.15, 0.2) is 38.3 Å². The Morgan fingerprint density at radius 3 is 2.44 bits per heavy atom. The van der Waals surface area contributed by atoms with Crippen LogP contribution in [0.4, 0.5) is 23.2 Å². The molecule has 11 heteroatoms. The molecular formula is C16H15BrF4N2O2S2. The lowest BCUT2D eigenvalue weighted by atomic mass is 10.1. The van der Waals surface area contributed by atoms with Gasteiger partial charge in [-0.05, 0) is 53.2 Å². The largest absolute Gasteiger partial charge is 0.418 e. The van der Waals surface area contributed by atoms with Crippen molar-refractivity contribution in [3.63, 3.8) is 0 Å². The third-order valence-corrected chi connectivity index (χ3v) is 8.39. The van der Waals surface area contributed by atoms with Crippen LogP contribution in [0.1, 0.15) is 12.5 Å². The number of benzene rings is 1. The molecule has 0 bridgehead atoms. The molecule has 1 aromatic heterocycles. The Labute approximate surface area is 166 Å². The number of sulfonamides is 1. The Morgan fingerprint density at radius 1 is 1.19 bits per heavy atom. The van der Waals surface area contributed by atoms with Crippen molar-refractivity contribution in [3.8, 4) is 0 Å². The second kappa shape index (κ2) is 7.34. The van der Waals surface area contributed by atoms with Crippen LogP contribution in [-0.4, -0.2) is 38.4 Å². The summed E-state index contributed by atoms with van der Waals surface area (Å²) in [5, 5.41) is 0. The van der Waals surface area contributed by atoms with Crippen LogP contribution in [-0.2, 0) is 16.2 Å². The summed E-state index contributed by atoms with van der Waals surface area (Å²) in [5.74, 6) is -0.969. The van der Waals surface area contributed by atoms with Crippen LogP contribution >= 0.6 is 27.3 Å². The van der Waals surface area contributed by atoms with Crippen molar-refractivity contribution in [1.82, 2.24) is 4.31 Å². The molecule has 4 nitrogen and oxygen atoms in total. The van der Waals surface area contributed by atoms with E-state index in [1.165, 1.54) is 15.3 Å². The van der Waals surface area contributed by atoms with Gasteiger partial charge in [-0.25, -0.2) is 12.8 Å². The monoisotopic (exact) mass is 486 g/mol. The normalized spacial score (nSPS) is 19.5.